The molecule has 3 aromatic heterocycles. The van der Waals surface area contributed by atoms with Crippen LogP contribution in [-0.4, -0.2) is 15.9 Å². The van der Waals surface area contributed by atoms with E-state index in [-0.39, 0.29) is 0 Å². The monoisotopic (exact) mass is 430 g/mol. The number of halogens is 1. The van der Waals surface area contributed by atoms with E-state index in [2.05, 4.69) is 10.1 Å². The molecule has 30 heavy (non-hydrogen) atoms. The number of rotatable bonds is 4. The molecule has 0 radical (unpaired) electrons. The van der Waals surface area contributed by atoms with Crippen molar-refractivity contribution < 1.29 is 4.42 Å². The standard InChI is InChI=1S/C23H15ClN4OS/c24-18-6-2-3-7-19(18)27-23-28(26-14-16-9-11-25-12-10-16)20(15-30-23)22-13-17-5-1-4-8-21(17)29-22/h1-15H/b26-14-,27-23?. The minimum atomic E-state index is 0.584. The Labute approximate surface area is 181 Å². The summed E-state index contributed by atoms with van der Waals surface area (Å²) in [5.41, 5.74) is 3.26. The smallest absolute Gasteiger partial charge is 0.211 e. The molecule has 0 N–H and O–H groups in total. The molecule has 5 nitrogen and oxygen atoms in total. The Balaban J connectivity index is 1.68. The molecule has 5 aromatic rings. The molecule has 146 valence electrons. The summed E-state index contributed by atoms with van der Waals surface area (Å²) in [7, 11) is 0. The predicted molar refractivity (Wildman–Crippen MR) is 121 cm³/mol. The van der Waals surface area contributed by atoms with Gasteiger partial charge in [-0.05, 0) is 42.0 Å². The van der Waals surface area contributed by atoms with Gasteiger partial charge in [0.15, 0.2) is 5.76 Å². The molecular formula is C23H15ClN4OS. The van der Waals surface area contributed by atoms with Gasteiger partial charge in [-0.3, -0.25) is 4.98 Å². The number of nitrogens with zero attached hydrogens (tertiary/aromatic N) is 4. The van der Waals surface area contributed by atoms with E-state index in [9.17, 15) is 0 Å². The molecule has 3 heterocycles. The van der Waals surface area contributed by atoms with E-state index in [1.165, 1.54) is 11.3 Å². The Bertz CT molecular complexity index is 1380. The first-order valence-corrected chi connectivity index (χ1v) is 10.5. The Hall–Kier alpha value is -3.48. The SMILES string of the molecule is Clc1ccccc1N=c1scc(-c2cc3ccccc3o2)n1/N=C\c1ccncc1. The van der Waals surface area contributed by atoms with E-state index < -0.39 is 0 Å². The second-order valence-electron chi connectivity index (χ2n) is 6.45. The van der Waals surface area contributed by atoms with E-state index in [4.69, 9.17) is 21.0 Å². The van der Waals surface area contributed by atoms with E-state index in [1.54, 1.807) is 23.3 Å². The molecule has 0 aliphatic rings. The lowest BCUT2D eigenvalue weighted by Crippen LogP contribution is -2.11. The van der Waals surface area contributed by atoms with Crippen molar-refractivity contribution in [2.45, 2.75) is 0 Å². The number of hydrogen-bond acceptors (Lipinski definition) is 5. The molecule has 0 bridgehead atoms. The number of aromatic nitrogens is 2. The molecule has 0 fully saturated rings. The number of benzene rings is 2. The fourth-order valence-corrected chi connectivity index (χ4v) is 3.99. The molecular weight excluding hydrogens is 416 g/mol. The van der Waals surface area contributed by atoms with Crippen molar-refractivity contribution in [3.05, 3.63) is 99.9 Å². The van der Waals surface area contributed by atoms with Crippen LogP contribution in [-0.2, 0) is 0 Å². The minimum Gasteiger partial charge on any atom is -0.454 e. The van der Waals surface area contributed by atoms with Gasteiger partial charge in [0, 0.05) is 23.2 Å². The highest BCUT2D eigenvalue weighted by Crippen LogP contribution is 2.29. The van der Waals surface area contributed by atoms with Crippen LogP contribution in [0.25, 0.3) is 22.4 Å². The molecule has 0 unspecified atom stereocenters. The summed E-state index contributed by atoms with van der Waals surface area (Å²) < 4.78 is 7.84. The van der Waals surface area contributed by atoms with Gasteiger partial charge in [-0.25, -0.2) is 9.67 Å². The third-order valence-corrected chi connectivity index (χ3v) is 5.60. The molecule has 0 spiro atoms. The van der Waals surface area contributed by atoms with Crippen molar-refractivity contribution >= 4 is 45.8 Å². The summed E-state index contributed by atoms with van der Waals surface area (Å²) in [6.07, 6.45) is 5.23. The average molecular weight is 431 g/mol. The zero-order valence-corrected chi connectivity index (χ0v) is 17.2. The fraction of sp³-hybridized carbons (Fsp3) is 0. The first-order chi connectivity index (χ1) is 14.8. The van der Waals surface area contributed by atoms with Gasteiger partial charge >= 0.3 is 0 Å². The molecule has 0 amide bonds. The van der Waals surface area contributed by atoms with Gasteiger partial charge in [-0.1, -0.05) is 41.9 Å². The minimum absolute atomic E-state index is 0.584. The lowest BCUT2D eigenvalue weighted by atomic mass is 10.2. The van der Waals surface area contributed by atoms with Crippen molar-refractivity contribution in [1.82, 2.24) is 9.66 Å². The third-order valence-electron chi connectivity index (χ3n) is 4.46. The van der Waals surface area contributed by atoms with Crippen LogP contribution in [0, 0.1) is 0 Å². The van der Waals surface area contributed by atoms with Crippen LogP contribution in [0.3, 0.4) is 0 Å². The van der Waals surface area contributed by atoms with Crippen molar-refractivity contribution in [3.8, 4) is 11.5 Å². The third kappa shape index (κ3) is 3.70. The van der Waals surface area contributed by atoms with Crippen molar-refractivity contribution in [2.24, 2.45) is 10.1 Å². The number of furan rings is 1. The van der Waals surface area contributed by atoms with Crippen LogP contribution in [0.1, 0.15) is 5.56 Å². The van der Waals surface area contributed by atoms with Crippen LogP contribution < -0.4 is 4.80 Å². The number of thiazole rings is 1. The highest BCUT2D eigenvalue weighted by Gasteiger charge is 2.13. The predicted octanol–water partition coefficient (Wildman–Crippen LogP) is 6.13. The molecule has 5 rings (SSSR count). The summed E-state index contributed by atoms with van der Waals surface area (Å²) >= 11 is 7.79. The summed E-state index contributed by atoms with van der Waals surface area (Å²) in [6.45, 7) is 0. The van der Waals surface area contributed by atoms with Crippen LogP contribution in [0.15, 0.2) is 99.0 Å². The number of hydrogen-bond donors (Lipinski definition) is 0. The number of pyridine rings is 1. The van der Waals surface area contributed by atoms with Crippen LogP contribution in [0.2, 0.25) is 5.02 Å². The molecule has 0 aliphatic carbocycles. The highest BCUT2D eigenvalue weighted by atomic mass is 35.5. The molecule has 7 heteroatoms. The molecule has 0 aliphatic heterocycles. The number of para-hydroxylation sites is 2. The maximum atomic E-state index is 6.31. The van der Waals surface area contributed by atoms with Crippen molar-refractivity contribution in [3.63, 3.8) is 0 Å². The highest BCUT2D eigenvalue weighted by molar-refractivity contribution is 7.07. The maximum Gasteiger partial charge on any atom is 0.211 e. The molecule has 2 aromatic carbocycles. The van der Waals surface area contributed by atoms with Gasteiger partial charge in [0.1, 0.15) is 11.3 Å². The maximum absolute atomic E-state index is 6.31. The summed E-state index contributed by atoms with van der Waals surface area (Å²) in [5.74, 6) is 0.722. The van der Waals surface area contributed by atoms with Gasteiger partial charge < -0.3 is 4.42 Å². The summed E-state index contributed by atoms with van der Waals surface area (Å²) in [4.78, 5) is 9.47. The molecule has 0 saturated heterocycles. The van der Waals surface area contributed by atoms with Crippen molar-refractivity contribution in [1.29, 1.82) is 0 Å². The topological polar surface area (TPSA) is 55.7 Å². The molecule has 0 saturated carbocycles. The van der Waals surface area contributed by atoms with Crippen LogP contribution in [0.4, 0.5) is 5.69 Å². The Morgan fingerprint density at radius 3 is 2.63 bits per heavy atom. The lowest BCUT2D eigenvalue weighted by molar-refractivity contribution is 0.622. The van der Waals surface area contributed by atoms with E-state index >= 15 is 0 Å². The largest absolute Gasteiger partial charge is 0.454 e. The second kappa shape index (κ2) is 8.10. The van der Waals surface area contributed by atoms with Crippen LogP contribution >= 0.6 is 22.9 Å². The average Bonchev–Trinajstić information content (AvgIpc) is 3.38. The normalized spacial score (nSPS) is 12.2. The van der Waals surface area contributed by atoms with Gasteiger partial charge in [-0.15, -0.1) is 11.3 Å². The number of fused-ring (bicyclic) bond motifs is 1. The summed E-state index contributed by atoms with van der Waals surface area (Å²) in [6, 6.07) is 21.2. The van der Waals surface area contributed by atoms with Gasteiger partial charge in [-0.2, -0.15) is 5.10 Å². The Morgan fingerprint density at radius 2 is 1.80 bits per heavy atom. The van der Waals surface area contributed by atoms with Gasteiger partial charge in [0.05, 0.1) is 16.9 Å². The lowest BCUT2D eigenvalue weighted by Gasteiger charge is -2.01. The van der Waals surface area contributed by atoms with Crippen molar-refractivity contribution in [2.75, 3.05) is 0 Å². The fourth-order valence-electron chi connectivity index (χ4n) is 2.99. The zero-order chi connectivity index (χ0) is 20.3. The van der Waals surface area contributed by atoms with Gasteiger partial charge in [0.2, 0.25) is 4.80 Å². The van der Waals surface area contributed by atoms with Crippen LogP contribution in [0.5, 0.6) is 0 Å². The zero-order valence-electron chi connectivity index (χ0n) is 15.6. The Kier molecular flexibility index (Phi) is 5.01. The second-order valence-corrected chi connectivity index (χ2v) is 7.70. The molecule has 0 atom stereocenters. The van der Waals surface area contributed by atoms with E-state index in [1.807, 2.05) is 72.1 Å². The Morgan fingerprint density at radius 1 is 1.00 bits per heavy atom. The first-order valence-electron chi connectivity index (χ1n) is 9.21. The van der Waals surface area contributed by atoms with Gasteiger partial charge in [0.25, 0.3) is 0 Å². The quantitative estimate of drug-likeness (QED) is 0.322. The summed E-state index contributed by atoms with van der Waals surface area (Å²) in [5, 5.41) is 8.29. The first kappa shape index (κ1) is 18.5. The van der Waals surface area contributed by atoms with E-state index in [0.29, 0.717) is 15.5 Å². The van der Waals surface area contributed by atoms with E-state index in [0.717, 1.165) is 28.0 Å².